The second kappa shape index (κ2) is 6.04. The predicted molar refractivity (Wildman–Crippen MR) is 87.0 cm³/mol. The molecule has 1 aliphatic heterocycles. The molecule has 1 aromatic rings. The van der Waals surface area contributed by atoms with Gasteiger partial charge in [0, 0.05) is 26.5 Å². The molecule has 0 amide bonds. The number of hydrogen-bond acceptors (Lipinski definition) is 0. The number of benzene rings is 1. The summed E-state index contributed by atoms with van der Waals surface area (Å²) in [7, 11) is -1.09. The Bertz CT molecular complexity index is 523. The van der Waals surface area contributed by atoms with Crippen molar-refractivity contribution in [3.63, 3.8) is 0 Å². The lowest BCUT2D eigenvalue weighted by molar-refractivity contribution is -0.511. The van der Waals surface area contributed by atoms with Crippen LogP contribution in [0, 0.1) is 5.82 Å². The van der Waals surface area contributed by atoms with Crippen LogP contribution in [0.1, 0.15) is 18.4 Å². The van der Waals surface area contributed by atoms with Crippen molar-refractivity contribution in [2.45, 2.75) is 38.5 Å². The molecular formula is C17H25FNSi+. The molecule has 1 aromatic carbocycles. The highest BCUT2D eigenvalue weighted by atomic mass is 28.3. The normalized spacial score (nSPS) is 15.8. The topological polar surface area (TPSA) is 3.01 Å². The van der Waals surface area contributed by atoms with Gasteiger partial charge in [-0.2, -0.15) is 0 Å². The lowest BCUT2D eigenvalue weighted by atomic mass is 10.1. The molecule has 0 saturated heterocycles. The zero-order valence-electron chi connectivity index (χ0n) is 12.9. The van der Waals surface area contributed by atoms with Gasteiger partial charge in [0.25, 0.3) is 0 Å². The Morgan fingerprint density at radius 1 is 1.25 bits per heavy atom. The minimum absolute atomic E-state index is 0.165. The van der Waals surface area contributed by atoms with Gasteiger partial charge in [-0.3, -0.25) is 0 Å². The second-order valence-corrected chi connectivity index (χ2v) is 12.4. The maximum absolute atomic E-state index is 13.0. The summed E-state index contributed by atoms with van der Waals surface area (Å²) in [6.07, 6.45) is 2.28. The third kappa shape index (κ3) is 4.14. The van der Waals surface area contributed by atoms with Crippen LogP contribution >= 0.6 is 0 Å². The summed E-state index contributed by atoms with van der Waals surface area (Å²) >= 11 is 0. The number of rotatable bonds is 5. The quantitative estimate of drug-likeness (QED) is 0.432. The van der Waals surface area contributed by atoms with E-state index in [1.807, 2.05) is 12.1 Å². The lowest BCUT2D eigenvalue weighted by Gasteiger charge is -2.16. The van der Waals surface area contributed by atoms with Crippen molar-refractivity contribution >= 4 is 13.8 Å². The number of halogens is 1. The third-order valence-corrected chi connectivity index (χ3v) is 5.16. The predicted octanol–water partition coefficient (Wildman–Crippen LogP) is 4.32. The van der Waals surface area contributed by atoms with Crippen LogP contribution in [0.25, 0.3) is 0 Å². The van der Waals surface area contributed by atoms with Crippen LogP contribution < -0.4 is 0 Å². The molecule has 0 atom stereocenters. The number of nitrogens with zero attached hydrogens (tertiary/aromatic N) is 1. The molecule has 1 aliphatic rings. The van der Waals surface area contributed by atoms with Gasteiger partial charge in [-0.05, 0) is 35.9 Å². The molecule has 0 spiro atoms. The summed E-state index contributed by atoms with van der Waals surface area (Å²) in [5, 5.41) is 0. The molecule has 0 aromatic heterocycles. The number of hydrogen-bond donors (Lipinski definition) is 0. The van der Waals surface area contributed by atoms with Crippen LogP contribution in [0.3, 0.4) is 0 Å². The highest BCUT2D eigenvalue weighted by molar-refractivity contribution is 6.76. The van der Waals surface area contributed by atoms with Gasteiger partial charge in [-0.1, -0.05) is 26.2 Å². The Morgan fingerprint density at radius 3 is 2.50 bits per heavy atom. The largest absolute Gasteiger partial charge is 0.229 e. The Morgan fingerprint density at radius 2 is 1.90 bits per heavy atom. The molecule has 20 heavy (non-hydrogen) atoms. The SMILES string of the molecule is C=C(C[N+]1=C(c2ccc(F)cc2)CCC1)C[Si](C)(C)C. The summed E-state index contributed by atoms with van der Waals surface area (Å²) in [6, 6.07) is 8.07. The molecule has 1 heterocycles. The van der Waals surface area contributed by atoms with Crippen molar-refractivity contribution in [1.82, 2.24) is 0 Å². The highest BCUT2D eigenvalue weighted by Crippen LogP contribution is 2.18. The first-order valence-corrected chi connectivity index (χ1v) is 11.1. The fourth-order valence-electron chi connectivity index (χ4n) is 2.95. The molecule has 3 heteroatoms. The van der Waals surface area contributed by atoms with Crippen LogP contribution in [0.2, 0.25) is 25.7 Å². The summed E-state index contributed by atoms with van der Waals surface area (Å²) < 4.78 is 15.5. The van der Waals surface area contributed by atoms with Crippen molar-refractivity contribution in [2.75, 3.05) is 13.1 Å². The molecule has 2 rings (SSSR count). The highest BCUT2D eigenvalue weighted by Gasteiger charge is 2.25. The summed E-state index contributed by atoms with van der Waals surface area (Å²) in [4.78, 5) is 0. The molecule has 0 bridgehead atoms. The van der Waals surface area contributed by atoms with Crippen molar-refractivity contribution in [3.8, 4) is 0 Å². The van der Waals surface area contributed by atoms with Crippen molar-refractivity contribution in [1.29, 1.82) is 0 Å². The average molecular weight is 290 g/mol. The van der Waals surface area contributed by atoms with E-state index in [0.29, 0.717) is 0 Å². The van der Waals surface area contributed by atoms with Crippen molar-refractivity contribution < 1.29 is 8.97 Å². The zero-order valence-corrected chi connectivity index (χ0v) is 13.9. The molecule has 0 saturated carbocycles. The molecule has 0 N–H and O–H groups in total. The first-order valence-electron chi connectivity index (χ1n) is 7.38. The Balaban J connectivity index is 2.14. The van der Waals surface area contributed by atoms with Crippen LogP contribution in [-0.4, -0.2) is 31.5 Å². The third-order valence-electron chi connectivity index (χ3n) is 3.60. The van der Waals surface area contributed by atoms with Gasteiger partial charge in [0.15, 0.2) is 12.3 Å². The Hall–Kier alpha value is -1.22. The first kappa shape index (κ1) is 15.2. The molecule has 108 valence electrons. The standard InChI is InChI=1S/C17H25FNSi/c1-14(13-20(2,3)4)12-19-11-5-6-17(19)15-7-9-16(18)10-8-15/h7-10H,1,5-6,11-13H2,2-4H3/q+1. The van der Waals surface area contributed by atoms with E-state index in [4.69, 9.17) is 0 Å². The van der Waals surface area contributed by atoms with Gasteiger partial charge in [0.05, 0.1) is 0 Å². The zero-order chi connectivity index (χ0) is 14.8. The van der Waals surface area contributed by atoms with Gasteiger partial charge in [-0.25, -0.2) is 8.97 Å². The molecule has 0 fully saturated rings. The van der Waals surface area contributed by atoms with Gasteiger partial charge < -0.3 is 0 Å². The maximum atomic E-state index is 13.0. The van der Waals surface area contributed by atoms with Gasteiger partial charge in [-0.15, -0.1) is 0 Å². The van der Waals surface area contributed by atoms with E-state index in [9.17, 15) is 4.39 Å². The summed E-state index contributed by atoms with van der Waals surface area (Å²) in [5.41, 5.74) is 3.84. The van der Waals surface area contributed by atoms with Gasteiger partial charge in [0.1, 0.15) is 12.4 Å². The molecule has 0 aliphatic carbocycles. The van der Waals surface area contributed by atoms with Crippen LogP contribution in [0.5, 0.6) is 0 Å². The first-order chi connectivity index (χ1) is 9.35. The van der Waals surface area contributed by atoms with Crippen molar-refractivity contribution in [3.05, 3.63) is 47.8 Å². The van der Waals surface area contributed by atoms with E-state index in [0.717, 1.165) is 25.1 Å². The van der Waals surface area contributed by atoms with E-state index in [2.05, 4.69) is 30.8 Å². The summed E-state index contributed by atoms with van der Waals surface area (Å²) in [5.74, 6) is -0.165. The minimum Gasteiger partial charge on any atom is -0.229 e. The fraction of sp³-hybridized carbons (Fsp3) is 0.471. The Kier molecular flexibility index (Phi) is 4.58. The average Bonchev–Trinajstić information content (AvgIpc) is 2.75. The molecule has 0 radical (unpaired) electrons. The van der Waals surface area contributed by atoms with E-state index in [-0.39, 0.29) is 5.82 Å². The molecule has 1 nitrogen and oxygen atoms in total. The fourth-order valence-corrected chi connectivity index (χ4v) is 4.56. The van der Waals surface area contributed by atoms with Crippen LogP contribution in [0.15, 0.2) is 36.4 Å². The molecular weight excluding hydrogens is 265 g/mol. The van der Waals surface area contributed by atoms with E-state index < -0.39 is 8.07 Å². The van der Waals surface area contributed by atoms with Crippen molar-refractivity contribution in [2.24, 2.45) is 0 Å². The van der Waals surface area contributed by atoms with Gasteiger partial charge >= 0.3 is 0 Å². The Labute approximate surface area is 122 Å². The van der Waals surface area contributed by atoms with E-state index in [1.54, 1.807) is 12.1 Å². The van der Waals surface area contributed by atoms with Crippen LogP contribution in [-0.2, 0) is 0 Å². The minimum atomic E-state index is -1.09. The molecule has 0 unspecified atom stereocenters. The maximum Gasteiger partial charge on any atom is 0.183 e. The smallest absolute Gasteiger partial charge is 0.183 e. The van der Waals surface area contributed by atoms with E-state index in [1.165, 1.54) is 23.7 Å². The monoisotopic (exact) mass is 290 g/mol. The van der Waals surface area contributed by atoms with Crippen LogP contribution in [0.4, 0.5) is 4.39 Å². The lowest BCUT2D eigenvalue weighted by Crippen LogP contribution is -2.25. The van der Waals surface area contributed by atoms with E-state index >= 15 is 0 Å². The summed E-state index contributed by atoms with van der Waals surface area (Å²) in [6.45, 7) is 13.5. The second-order valence-electron chi connectivity index (χ2n) is 6.97. The van der Waals surface area contributed by atoms with Gasteiger partial charge in [0.2, 0.25) is 0 Å².